The number of anilines is 1. The number of benzene rings is 1. The van der Waals surface area contributed by atoms with Crippen LogP contribution in [0.15, 0.2) is 30.3 Å². The van der Waals surface area contributed by atoms with Gasteiger partial charge in [0.25, 0.3) is 5.69 Å². The van der Waals surface area contributed by atoms with E-state index in [0.717, 1.165) is 0 Å². The maximum absolute atomic E-state index is 13.1. The summed E-state index contributed by atoms with van der Waals surface area (Å²) < 4.78 is 39.3. The van der Waals surface area contributed by atoms with Gasteiger partial charge in [-0.2, -0.15) is 13.2 Å². The van der Waals surface area contributed by atoms with Crippen LogP contribution in [0.5, 0.6) is 0 Å². The van der Waals surface area contributed by atoms with E-state index in [9.17, 15) is 23.3 Å². The first-order valence-electron chi connectivity index (χ1n) is 8.72. The first-order chi connectivity index (χ1) is 12.8. The third-order valence-corrected chi connectivity index (χ3v) is 4.67. The number of alkyl halides is 3. The number of hydrogen-bond acceptors (Lipinski definition) is 5. The van der Waals surface area contributed by atoms with Crippen molar-refractivity contribution in [2.75, 3.05) is 18.0 Å². The molecule has 1 aromatic carbocycles. The number of aryl methyl sites for hydroxylation is 1. The van der Waals surface area contributed by atoms with Gasteiger partial charge in [-0.1, -0.05) is 6.92 Å². The molecule has 2 heterocycles. The summed E-state index contributed by atoms with van der Waals surface area (Å²) in [6, 6.07) is 7.53. The summed E-state index contributed by atoms with van der Waals surface area (Å²) in [4.78, 5) is 20.8. The SMILES string of the molecule is CCc1cc(N2CCC[C@@H](C(F)(F)F)C2)nc(-c2ccc([N+](=O)[O-])cc2)n1. The van der Waals surface area contributed by atoms with Gasteiger partial charge in [-0.3, -0.25) is 10.1 Å². The van der Waals surface area contributed by atoms with Crippen LogP contribution in [-0.4, -0.2) is 34.2 Å². The van der Waals surface area contributed by atoms with Gasteiger partial charge in [0.15, 0.2) is 5.82 Å². The average Bonchev–Trinajstić information content (AvgIpc) is 2.67. The van der Waals surface area contributed by atoms with Crippen LogP contribution in [0.4, 0.5) is 24.7 Å². The van der Waals surface area contributed by atoms with Crippen molar-refractivity contribution in [3.05, 3.63) is 46.1 Å². The van der Waals surface area contributed by atoms with Gasteiger partial charge in [0.2, 0.25) is 0 Å². The van der Waals surface area contributed by atoms with Crippen molar-refractivity contribution in [2.45, 2.75) is 32.4 Å². The molecule has 1 atom stereocenters. The van der Waals surface area contributed by atoms with Crippen LogP contribution in [0.2, 0.25) is 0 Å². The number of nitro groups is 1. The molecular weight excluding hydrogens is 361 g/mol. The largest absolute Gasteiger partial charge is 0.393 e. The van der Waals surface area contributed by atoms with Gasteiger partial charge < -0.3 is 4.90 Å². The smallest absolute Gasteiger partial charge is 0.356 e. The number of halogens is 3. The summed E-state index contributed by atoms with van der Waals surface area (Å²) in [5, 5.41) is 10.8. The van der Waals surface area contributed by atoms with E-state index in [0.29, 0.717) is 42.3 Å². The van der Waals surface area contributed by atoms with Crippen molar-refractivity contribution >= 4 is 11.5 Å². The minimum Gasteiger partial charge on any atom is -0.356 e. The molecule has 3 rings (SSSR count). The van der Waals surface area contributed by atoms with Gasteiger partial charge >= 0.3 is 6.18 Å². The molecule has 0 N–H and O–H groups in total. The van der Waals surface area contributed by atoms with E-state index in [4.69, 9.17) is 0 Å². The van der Waals surface area contributed by atoms with Crippen LogP contribution in [-0.2, 0) is 6.42 Å². The Hall–Kier alpha value is -2.71. The van der Waals surface area contributed by atoms with E-state index in [-0.39, 0.29) is 18.7 Å². The maximum atomic E-state index is 13.1. The molecule has 1 aliphatic heterocycles. The van der Waals surface area contributed by atoms with Crippen LogP contribution in [0.3, 0.4) is 0 Å². The molecule has 9 heteroatoms. The number of nitrogens with zero attached hydrogens (tertiary/aromatic N) is 4. The summed E-state index contributed by atoms with van der Waals surface area (Å²) >= 11 is 0. The molecule has 1 saturated heterocycles. The van der Waals surface area contributed by atoms with Gasteiger partial charge in [0.1, 0.15) is 5.82 Å². The second-order valence-electron chi connectivity index (χ2n) is 6.53. The lowest BCUT2D eigenvalue weighted by Crippen LogP contribution is -2.42. The first-order valence-corrected chi connectivity index (χ1v) is 8.72. The third-order valence-electron chi connectivity index (χ3n) is 4.67. The quantitative estimate of drug-likeness (QED) is 0.581. The molecule has 27 heavy (non-hydrogen) atoms. The topological polar surface area (TPSA) is 72.2 Å². The normalized spacial score (nSPS) is 17.8. The molecule has 0 amide bonds. The fourth-order valence-electron chi connectivity index (χ4n) is 3.14. The zero-order chi connectivity index (χ0) is 19.6. The number of piperidine rings is 1. The molecule has 6 nitrogen and oxygen atoms in total. The Kier molecular flexibility index (Phi) is 5.29. The van der Waals surface area contributed by atoms with Crippen molar-refractivity contribution in [3.8, 4) is 11.4 Å². The molecule has 1 fully saturated rings. The van der Waals surface area contributed by atoms with Crippen LogP contribution in [0.25, 0.3) is 11.4 Å². The molecule has 0 unspecified atom stereocenters. The lowest BCUT2D eigenvalue weighted by atomic mass is 9.97. The molecule has 0 radical (unpaired) electrons. The molecule has 0 bridgehead atoms. The van der Waals surface area contributed by atoms with Gasteiger partial charge in [0, 0.05) is 42.5 Å². The first kappa shape index (κ1) is 19.1. The highest BCUT2D eigenvalue weighted by Gasteiger charge is 2.42. The van der Waals surface area contributed by atoms with Gasteiger partial charge in [-0.25, -0.2) is 9.97 Å². The van der Waals surface area contributed by atoms with E-state index in [1.54, 1.807) is 23.1 Å². The van der Waals surface area contributed by atoms with Crippen molar-refractivity contribution in [2.24, 2.45) is 5.92 Å². The molecule has 144 valence electrons. The predicted molar refractivity (Wildman–Crippen MR) is 94.5 cm³/mol. The summed E-state index contributed by atoms with van der Waals surface area (Å²) in [6.45, 7) is 2.29. The molecule has 0 aliphatic carbocycles. The Balaban J connectivity index is 1.92. The molecule has 1 aliphatic rings. The molecular formula is C18H19F3N4O2. The monoisotopic (exact) mass is 380 g/mol. The molecule has 0 spiro atoms. The highest BCUT2D eigenvalue weighted by Crippen LogP contribution is 2.35. The van der Waals surface area contributed by atoms with Crippen LogP contribution in [0.1, 0.15) is 25.5 Å². The summed E-state index contributed by atoms with van der Waals surface area (Å²) in [7, 11) is 0. The number of nitro benzene ring substituents is 1. The second-order valence-corrected chi connectivity index (χ2v) is 6.53. The predicted octanol–water partition coefficient (Wildman–Crippen LogP) is 4.39. The third kappa shape index (κ3) is 4.35. The summed E-state index contributed by atoms with van der Waals surface area (Å²) in [5.41, 5.74) is 1.25. The van der Waals surface area contributed by atoms with Gasteiger partial charge in [-0.05, 0) is 31.4 Å². The molecule has 0 saturated carbocycles. The van der Waals surface area contributed by atoms with Crippen molar-refractivity contribution in [1.82, 2.24) is 9.97 Å². The lowest BCUT2D eigenvalue weighted by Gasteiger charge is -2.34. The van der Waals surface area contributed by atoms with Crippen LogP contribution < -0.4 is 4.90 Å². The highest BCUT2D eigenvalue weighted by atomic mass is 19.4. The highest BCUT2D eigenvalue weighted by molar-refractivity contribution is 5.60. The Morgan fingerprint density at radius 2 is 1.96 bits per heavy atom. The van der Waals surface area contributed by atoms with E-state index in [1.807, 2.05) is 6.92 Å². The number of hydrogen-bond donors (Lipinski definition) is 0. The summed E-state index contributed by atoms with van der Waals surface area (Å²) in [6.07, 6.45) is -3.05. The fraction of sp³-hybridized carbons (Fsp3) is 0.444. The van der Waals surface area contributed by atoms with E-state index < -0.39 is 17.0 Å². The Morgan fingerprint density at radius 3 is 2.56 bits per heavy atom. The maximum Gasteiger partial charge on any atom is 0.393 e. The van der Waals surface area contributed by atoms with Crippen molar-refractivity contribution < 1.29 is 18.1 Å². The van der Waals surface area contributed by atoms with E-state index in [1.165, 1.54) is 12.1 Å². The number of non-ortho nitro benzene ring substituents is 1. The lowest BCUT2D eigenvalue weighted by molar-refractivity contribution is -0.384. The minimum absolute atomic E-state index is 0.0466. The van der Waals surface area contributed by atoms with Crippen LogP contribution in [0, 0.1) is 16.0 Å². The van der Waals surface area contributed by atoms with E-state index >= 15 is 0 Å². The minimum atomic E-state index is -4.22. The van der Waals surface area contributed by atoms with Gasteiger partial charge in [0.05, 0.1) is 10.8 Å². The Morgan fingerprint density at radius 1 is 1.26 bits per heavy atom. The number of aromatic nitrogens is 2. The van der Waals surface area contributed by atoms with Crippen molar-refractivity contribution in [3.63, 3.8) is 0 Å². The Labute approximate surface area is 154 Å². The second kappa shape index (κ2) is 7.50. The number of rotatable bonds is 4. The zero-order valence-corrected chi connectivity index (χ0v) is 14.7. The fourth-order valence-corrected chi connectivity index (χ4v) is 3.14. The van der Waals surface area contributed by atoms with Gasteiger partial charge in [-0.15, -0.1) is 0 Å². The standard InChI is InChI=1S/C18H19F3N4O2/c1-2-14-10-16(24-9-3-4-13(11-24)18(19,20)21)23-17(22-14)12-5-7-15(8-6-12)25(26)27/h5-8,10,13H,2-4,9,11H2,1H3/t13-/m1/s1. The van der Waals surface area contributed by atoms with E-state index in [2.05, 4.69) is 9.97 Å². The molecule has 1 aromatic heterocycles. The van der Waals surface area contributed by atoms with Crippen molar-refractivity contribution in [1.29, 1.82) is 0 Å². The average molecular weight is 380 g/mol. The van der Waals surface area contributed by atoms with Crippen LogP contribution >= 0.6 is 0 Å². The summed E-state index contributed by atoms with van der Waals surface area (Å²) in [5.74, 6) is -0.549. The zero-order valence-electron chi connectivity index (χ0n) is 14.7. The molecule has 2 aromatic rings. The Bertz CT molecular complexity index is 824.